The number of hydrogen-bond acceptors (Lipinski definition) is 5. The first-order valence-corrected chi connectivity index (χ1v) is 11.4. The van der Waals surface area contributed by atoms with Crippen LogP contribution in [0.4, 0.5) is 24.7 Å². The summed E-state index contributed by atoms with van der Waals surface area (Å²) in [6, 6.07) is 8.01. The number of nitrogens with one attached hydrogen (secondary N) is 1. The highest BCUT2D eigenvalue weighted by molar-refractivity contribution is 5.94. The van der Waals surface area contributed by atoms with Crippen molar-refractivity contribution >= 4 is 23.1 Å². The van der Waals surface area contributed by atoms with E-state index in [1.807, 2.05) is 19.9 Å². The maximum absolute atomic E-state index is 13.3. The summed E-state index contributed by atoms with van der Waals surface area (Å²) >= 11 is 0. The normalized spacial score (nSPS) is 22.2. The van der Waals surface area contributed by atoms with Gasteiger partial charge in [-0.1, -0.05) is 12.1 Å². The van der Waals surface area contributed by atoms with Crippen molar-refractivity contribution < 1.29 is 23.1 Å². The third-order valence-corrected chi connectivity index (χ3v) is 7.16. The predicted molar refractivity (Wildman–Crippen MR) is 125 cm³/mol. The van der Waals surface area contributed by atoms with Crippen LogP contribution in [-0.4, -0.2) is 39.7 Å². The molecule has 7 nitrogen and oxygen atoms in total. The molecule has 184 valence electrons. The molecule has 0 unspecified atom stereocenters. The molecule has 2 N–H and O–H groups in total. The number of carboxylic acid groups (broad SMARTS) is 1. The quantitative estimate of drug-likeness (QED) is 0.555. The zero-order chi connectivity index (χ0) is 25.2. The van der Waals surface area contributed by atoms with E-state index in [4.69, 9.17) is 4.98 Å². The number of fused-ring (bicyclic) bond motifs is 2. The van der Waals surface area contributed by atoms with Gasteiger partial charge in [-0.25, -0.2) is 9.78 Å². The molecule has 3 heterocycles. The van der Waals surface area contributed by atoms with Crippen molar-refractivity contribution in [3.8, 4) is 0 Å². The van der Waals surface area contributed by atoms with E-state index in [1.54, 1.807) is 36.2 Å². The summed E-state index contributed by atoms with van der Waals surface area (Å²) in [6.07, 6.45) is -2.51. The first-order chi connectivity index (χ1) is 16.5. The van der Waals surface area contributed by atoms with Gasteiger partial charge in [0, 0.05) is 30.5 Å². The van der Waals surface area contributed by atoms with E-state index in [2.05, 4.69) is 5.32 Å². The largest absolute Gasteiger partial charge is 0.478 e. The number of halogens is 3. The lowest BCUT2D eigenvalue weighted by molar-refractivity contribution is -0.154. The Labute approximate surface area is 199 Å². The summed E-state index contributed by atoms with van der Waals surface area (Å²) in [6.45, 7) is 5.79. The number of carbonyl (C=O) groups is 1. The van der Waals surface area contributed by atoms with Gasteiger partial charge in [0.1, 0.15) is 11.5 Å². The van der Waals surface area contributed by atoms with Crippen molar-refractivity contribution in [2.45, 2.75) is 33.0 Å². The van der Waals surface area contributed by atoms with Gasteiger partial charge in [0.05, 0.1) is 23.1 Å². The number of nitrogens with zero attached hydrogens (tertiary/aromatic N) is 3. The first-order valence-electron chi connectivity index (χ1n) is 11.4. The van der Waals surface area contributed by atoms with Crippen LogP contribution in [-0.2, 0) is 0 Å². The second-order valence-electron chi connectivity index (χ2n) is 9.55. The van der Waals surface area contributed by atoms with Gasteiger partial charge >= 0.3 is 12.1 Å². The van der Waals surface area contributed by atoms with Crippen molar-refractivity contribution in [1.82, 2.24) is 9.38 Å². The number of pyridine rings is 1. The fourth-order valence-electron chi connectivity index (χ4n) is 5.40. The Bertz CT molecular complexity index is 1390. The highest BCUT2D eigenvalue weighted by Gasteiger charge is 2.67. The lowest BCUT2D eigenvalue weighted by Gasteiger charge is -2.25. The number of anilines is 2. The van der Waals surface area contributed by atoms with E-state index in [0.717, 1.165) is 5.56 Å². The molecule has 3 aromatic rings. The van der Waals surface area contributed by atoms with E-state index in [-0.39, 0.29) is 24.2 Å². The molecule has 35 heavy (non-hydrogen) atoms. The van der Waals surface area contributed by atoms with Crippen molar-refractivity contribution in [2.24, 2.45) is 17.8 Å². The summed E-state index contributed by atoms with van der Waals surface area (Å²) in [5, 5.41) is 12.7. The van der Waals surface area contributed by atoms with Gasteiger partial charge in [-0.3, -0.25) is 9.20 Å². The van der Waals surface area contributed by atoms with Gasteiger partial charge in [0.2, 0.25) is 0 Å². The third kappa shape index (κ3) is 3.90. The van der Waals surface area contributed by atoms with Crippen LogP contribution in [0.3, 0.4) is 0 Å². The van der Waals surface area contributed by atoms with Crippen LogP contribution < -0.4 is 15.8 Å². The Morgan fingerprint density at radius 2 is 1.86 bits per heavy atom. The standard InChI is InChI=1S/C25H25F3N4O3/c1-12-8-16(14(3)29-19-7-5-4-6-15(19)24(34)35)22-30-21(13(2)23(33)32(22)9-12)31-10-17-18(11-31)20(17)25(26,27)28/h4-9,14,17-18,20,29H,10-11H2,1-3H3,(H,34,35)/t14-,17-,18+,20-/m1/s1. The number of alkyl halides is 3. The molecule has 1 aliphatic heterocycles. The summed E-state index contributed by atoms with van der Waals surface area (Å²) < 4.78 is 40.9. The van der Waals surface area contributed by atoms with Gasteiger partial charge < -0.3 is 15.3 Å². The second kappa shape index (κ2) is 8.00. The molecular formula is C25H25F3N4O3. The minimum Gasteiger partial charge on any atom is -0.478 e. The number of carboxylic acids is 1. The molecule has 0 amide bonds. The monoisotopic (exact) mass is 486 g/mol. The Hall–Kier alpha value is -3.56. The van der Waals surface area contributed by atoms with Crippen LogP contribution in [0.1, 0.15) is 40.0 Å². The van der Waals surface area contributed by atoms with Crippen LogP contribution in [0.5, 0.6) is 0 Å². The summed E-state index contributed by atoms with van der Waals surface area (Å²) in [7, 11) is 0. The number of para-hydroxylation sites is 1. The number of piperidine rings is 1. The number of rotatable bonds is 5. The highest BCUT2D eigenvalue weighted by atomic mass is 19.4. The zero-order valence-electron chi connectivity index (χ0n) is 19.4. The van der Waals surface area contributed by atoms with Gasteiger partial charge in [0.15, 0.2) is 0 Å². The van der Waals surface area contributed by atoms with Crippen LogP contribution in [0.2, 0.25) is 0 Å². The lowest BCUT2D eigenvalue weighted by Crippen LogP contribution is -2.32. The molecular weight excluding hydrogens is 461 g/mol. The van der Waals surface area contributed by atoms with E-state index in [0.29, 0.717) is 28.3 Å². The van der Waals surface area contributed by atoms with Crippen LogP contribution in [0.15, 0.2) is 41.3 Å². The fraction of sp³-hybridized carbons (Fsp3) is 0.400. The Kier molecular flexibility index (Phi) is 5.30. The highest BCUT2D eigenvalue weighted by Crippen LogP contribution is 2.59. The Morgan fingerprint density at radius 3 is 2.49 bits per heavy atom. The third-order valence-electron chi connectivity index (χ3n) is 7.16. The summed E-state index contributed by atoms with van der Waals surface area (Å²) in [4.78, 5) is 31.5. The lowest BCUT2D eigenvalue weighted by atomic mass is 10.1. The Balaban J connectivity index is 1.53. The first kappa shape index (κ1) is 23.2. The topological polar surface area (TPSA) is 86.9 Å². The minimum absolute atomic E-state index is 0.119. The van der Waals surface area contributed by atoms with Crippen molar-refractivity contribution in [1.29, 1.82) is 0 Å². The van der Waals surface area contributed by atoms with Gasteiger partial charge in [0.25, 0.3) is 5.56 Å². The molecule has 1 saturated heterocycles. The molecule has 0 bridgehead atoms. The van der Waals surface area contributed by atoms with E-state index in [1.165, 1.54) is 10.5 Å². The van der Waals surface area contributed by atoms with Gasteiger partial charge in [-0.2, -0.15) is 13.2 Å². The molecule has 1 aromatic carbocycles. The number of aryl methyl sites for hydroxylation is 1. The maximum atomic E-state index is 13.3. The fourth-order valence-corrected chi connectivity index (χ4v) is 5.40. The molecule has 0 spiro atoms. The van der Waals surface area contributed by atoms with Crippen molar-refractivity contribution in [3.05, 3.63) is 69.1 Å². The smallest absolute Gasteiger partial charge is 0.392 e. The van der Waals surface area contributed by atoms with Crippen molar-refractivity contribution in [2.75, 3.05) is 23.3 Å². The number of hydrogen-bond donors (Lipinski definition) is 2. The summed E-state index contributed by atoms with van der Waals surface area (Å²) in [5.74, 6) is -2.84. The van der Waals surface area contributed by atoms with E-state index in [9.17, 15) is 27.9 Å². The molecule has 5 rings (SSSR count). The van der Waals surface area contributed by atoms with Crippen LogP contribution >= 0.6 is 0 Å². The molecule has 1 saturated carbocycles. The maximum Gasteiger partial charge on any atom is 0.392 e. The number of aromatic nitrogens is 2. The molecule has 0 radical (unpaired) electrons. The summed E-state index contributed by atoms with van der Waals surface area (Å²) in [5.41, 5.74) is 2.55. The van der Waals surface area contributed by atoms with Gasteiger partial charge in [-0.15, -0.1) is 0 Å². The SMILES string of the molecule is Cc1cc([C@@H](C)Nc2ccccc2C(=O)O)c2nc(N3C[C@@H]4[C@H](C3)[C@@H]4C(F)(F)F)c(C)c(=O)n2c1. The predicted octanol–water partition coefficient (Wildman–Crippen LogP) is 4.43. The molecule has 10 heteroatoms. The molecule has 1 aliphatic carbocycles. The molecule has 2 aromatic heterocycles. The zero-order valence-corrected chi connectivity index (χ0v) is 19.4. The average molecular weight is 486 g/mol. The molecule has 2 aliphatic rings. The minimum atomic E-state index is -4.19. The number of benzene rings is 1. The van der Waals surface area contributed by atoms with Crippen LogP contribution in [0.25, 0.3) is 5.65 Å². The molecule has 2 fully saturated rings. The van der Waals surface area contributed by atoms with Crippen LogP contribution in [0, 0.1) is 31.6 Å². The second-order valence-corrected chi connectivity index (χ2v) is 9.55. The molecule has 4 atom stereocenters. The number of aromatic carboxylic acids is 1. The van der Waals surface area contributed by atoms with E-state index < -0.39 is 35.9 Å². The van der Waals surface area contributed by atoms with Gasteiger partial charge in [-0.05, 0) is 56.4 Å². The van der Waals surface area contributed by atoms with Crippen molar-refractivity contribution in [3.63, 3.8) is 0 Å². The Morgan fingerprint density at radius 1 is 1.20 bits per heavy atom. The average Bonchev–Trinajstić information content (AvgIpc) is 3.33. The van der Waals surface area contributed by atoms with E-state index >= 15 is 0 Å².